The van der Waals surface area contributed by atoms with Crippen LogP contribution in [0.2, 0.25) is 0 Å². The van der Waals surface area contributed by atoms with Crippen LogP contribution in [-0.4, -0.2) is 34.7 Å². The number of nitrogens with zero attached hydrogens (tertiary/aromatic N) is 2. The van der Waals surface area contributed by atoms with Gasteiger partial charge in [-0.15, -0.1) is 6.58 Å². The minimum atomic E-state index is -0.343. The van der Waals surface area contributed by atoms with Crippen LogP contribution in [0.4, 0.5) is 4.39 Å². The highest BCUT2D eigenvalue weighted by Crippen LogP contribution is 2.20. The standard InChI is InChI=1S/C31H29FN2O3/c1-3-19-33(31(36)27-14-12-26(13-15-27)25-7-5-4-6-8-25)22-30(35)34(21-29-18-9-23(2)37-29)20-24-10-16-28(32)17-11-24/h3-18H,1,19-22H2,2H3. The van der Waals surface area contributed by atoms with Gasteiger partial charge in [0, 0.05) is 18.7 Å². The molecule has 0 radical (unpaired) electrons. The van der Waals surface area contributed by atoms with E-state index in [0.717, 1.165) is 22.5 Å². The highest BCUT2D eigenvalue weighted by atomic mass is 19.1. The maximum atomic E-state index is 13.5. The van der Waals surface area contributed by atoms with E-state index < -0.39 is 0 Å². The molecule has 1 heterocycles. The molecule has 4 aromatic rings. The van der Waals surface area contributed by atoms with E-state index in [2.05, 4.69) is 6.58 Å². The molecule has 4 rings (SSSR count). The maximum Gasteiger partial charge on any atom is 0.254 e. The summed E-state index contributed by atoms with van der Waals surface area (Å²) in [4.78, 5) is 29.9. The lowest BCUT2D eigenvalue weighted by molar-refractivity contribution is -0.133. The van der Waals surface area contributed by atoms with E-state index in [0.29, 0.717) is 11.3 Å². The van der Waals surface area contributed by atoms with Crippen molar-refractivity contribution in [1.82, 2.24) is 9.80 Å². The normalized spacial score (nSPS) is 10.6. The van der Waals surface area contributed by atoms with Crippen molar-refractivity contribution in [2.75, 3.05) is 13.1 Å². The van der Waals surface area contributed by atoms with Crippen molar-refractivity contribution in [3.05, 3.63) is 132 Å². The minimum absolute atomic E-state index is 0.133. The van der Waals surface area contributed by atoms with Crippen LogP contribution in [0.15, 0.2) is 108 Å². The third kappa shape index (κ3) is 6.82. The van der Waals surface area contributed by atoms with Crippen LogP contribution in [0, 0.1) is 12.7 Å². The van der Waals surface area contributed by atoms with Crippen molar-refractivity contribution in [1.29, 1.82) is 0 Å². The van der Waals surface area contributed by atoms with Crippen molar-refractivity contribution in [2.24, 2.45) is 0 Å². The first-order chi connectivity index (χ1) is 17.9. The van der Waals surface area contributed by atoms with Crippen molar-refractivity contribution < 1.29 is 18.4 Å². The molecule has 3 aromatic carbocycles. The van der Waals surface area contributed by atoms with Gasteiger partial charge in [0.1, 0.15) is 23.9 Å². The number of rotatable bonds is 10. The zero-order chi connectivity index (χ0) is 26.2. The molecule has 0 fully saturated rings. The quantitative estimate of drug-likeness (QED) is 0.244. The second-order valence-electron chi connectivity index (χ2n) is 8.81. The van der Waals surface area contributed by atoms with Crippen LogP contribution >= 0.6 is 0 Å². The zero-order valence-corrected chi connectivity index (χ0v) is 20.8. The molecule has 6 heteroatoms. The Morgan fingerprint density at radius 3 is 2.14 bits per heavy atom. The Morgan fingerprint density at radius 1 is 0.838 bits per heavy atom. The number of hydrogen-bond acceptors (Lipinski definition) is 3. The summed E-state index contributed by atoms with van der Waals surface area (Å²) in [5.74, 6) is 0.514. The molecule has 0 aliphatic carbocycles. The van der Waals surface area contributed by atoms with Crippen LogP contribution in [0.25, 0.3) is 11.1 Å². The monoisotopic (exact) mass is 496 g/mol. The second kappa shape index (κ2) is 12.0. The first-order valence-corrected chi connectivity index (χ1v) is 12.1. The van der Waals surface area contributed by atoms with Gasteiger partial charge in [0.2, 0.25) is 5.91 Å². The number of furan rings is 1. The van der Waals surface area contributed by atoms with E-state index in [4.69, 9.17) is 4.42 Å². The summed E-state index contributed by atoms with van der Waals surface area (Å²) in [7, 11) is 0. The lowest BCUT2D eigenvalue weighted by Crippen LogP contribution is -2.42. The largest absolute Gasteiger partial charge is 0.464 e. The van der Waals surface area contributed by atoms with Gasteiger partial charge in [-0.25, -0.2) is 4.39 Å². The van der Waals surface area contributed by atoms with E-state index in [9.17, 15) is 14.0 Å². The predicted molar refractivity (Wildman–Crippen MR) is 142 cm³/mol. The number of carbonyl (C=O) groups excluding carboxylic acids is 2. The molecule has 0 unspecified atom stereocenters. The summed E-state index contributed by atoms with van der Waals surface area (Å²) >= 11 is 0. The molecule has 0 atom stereocenters. The Kier molecular flexibility index (Phi) is 8.31. The van der Waals surface area contributed by atoms with Crippen LogP contribution in [0.3, 0.4) is 0 Å². The molecule has 37 heavy (non-hydrogen) atoms. The summed E-state index contributed by atoms with van der Waals surface area (Å²) in [6, 6.07) is 26.9. The summed E-state index contributed by atoms with van der Waals surface area (Å²) < 4.78 is 19.1. The summed E-state index contributed by atoms with van der Waals surface area (Å²) in [5.41, 5.74) is 3.32. The molecule has 0 saturated carbocycles. The van der Waals surface area contributed by atoms with E-state index in [1.54, 1.807) is 35.2 Å². The Morgan fingerprint density at radius 2 is 1.51 bits per heavy atom. The van der Waals surface area contributed by atoms with Crippen LogP contribution < -0.4 is 0 Å². The van der Waals surface area contributed by atoms with Gasteiger partial charge in [-0.05, 0) is 60.0 Å². The fourth-order valence-electron chi connectivity index (χ4n) is 4.06. The first-order valence-electron chi connectivity index (χ1n) is 12.1. The summed E-state index contributed by atoms with van der Waals surface area (Å²) in [5, 5.41) is 0. The van der Waals surface area contributed by atoms with E-state index in [-0.39, 0.29) is 43.8 Å². The number of amides is 2. The van der Waals surface area contributed by atoms with Crippen LogP contribution in [-0.2, 0) is 17.9 Å². The van der Waals surface area contributed by atoms with Crippen molar-refractivity contribution >= 4 is 11.8 Å². The highest BCUT2D eigenvalue weighted by Gasteiger charge is 2.23. The number of carbonyl (C=O) groups is 2. The Balaban J connectivity index is 1.51. The molecule has 1 aromatic heterocycles. The van der Waals surface area contributed by atoms with E-state index >= 15 is 0 Å². The van der Waals surface area contributed by atoms with E-state index in [1.165, 1.54) is 17.0 Å². The van der Waals surface area contributed by atoms with Crippen molar-refractivity contribution in [3.63, 3.8) is 0 Å². The molecular weight excluding hydrogens is 467 g/mol. The molecule has 0 saturated heterocycles. The molecule has 0 bridgehead atoms. The topological polar surface area (TPSA) is 53.8 Å². The van der Waals surface area contributed by atoms with Crippen molar-refractivity contribution in [3.8, 4) is 11.1 Å². The number of halogens is 1. The maximum absolute atomic E-state index is 13.5. The number of hydrogen-bond donors (Lipinski definition) is 0. The minimum Gasteiger partial charge on any atom is -0.464 e. The van der Waals surface area contributed by atoms with Gasteiger partial charge < -0.3 is 14.2 Å². The van der Waals surface area contributed by atoms with E-state index in [1.807, 2.05) is 61.5 Å². The summed E-state index contributed by atoms with van der Waals surface area (Å²) in [6.45, 7) is 6.16. The van der Waals surface area contributed by atoms with Gasteiger partial charge in [-0.1, -0.05) is 60.7 Å². The number of benzene rings is 3. The molecular formula is C31H29FN2O3. The third-order valence-corrected chi connectivity index (χ3v) is 5.98. The highest BCUT2D eigenvalue weighted by molar-refractivity contribution is 5.97. The van der Waals surface area contributed by atoms with Crippen LogP contribution in [0.1, 0.15) is 27.4 Å². The first kappa shape index (κ1) is 25.6. The zero-order valence-electron chi connectivity index (χ0n) is 20.8. The fourth-order valence-corrected chi connectivity index (χ4v) is 4.06. The molecule has 0 aliphatic rings. The molecule has 2 amide bonds. The fraction of sp³-hybridized carbons (Fsp3) is 0.161. The van der Waals surface area contributed by atoms with Gasteiger partial charge >= 0.3 is 0 Å². The average Bonchev–Trinajstić information content (AvgIpc) is 3.33. The Bertz CT molecular complexity index is 1350. The summed E-state index contributed by atoms with van der Waals surface area (Å²) in [6.07, 6.45) is 1.60. The average molecular weight is 497 g/mol. The molecule has 5 nitrogen and oxygen atoms in total. The smallest absolute Gasteiger partial charge is 0.254 e. The Hall–Kier alpha value is -4.45. The third-order valence-electron chi connectivity index (χ3n) is 5.98. The van der Waals surface area contributed by atoms with Gasteiger partial charge in [0.15, 0.2) is 0 Å². The molecule has 0 spiro atoms. The van der Waals surface area contributed by atoms with Gasteiger partial charge in [0.25, 0.3) is 5.91 Å². The molecule has 0 aliphatic heterocycles. The SMILES string of the molecule is C=CCN(CC(=O)N(Cc1ccc(F)cc1)Cc1ccc(C)o1)C(=O)c1ccc(-c2ccccc2)cc1. The molecule has 0 N–H and O–H groups in total. The molecule has 188 valence electrons. The lowest BCUT2D eigenvalue weighted by Gasteiger charge is -2.27. The van der Waals surface area contributed by atoms with Crippen molar-refractivity contribution in [2.45, 2.75) is 20.0 Å². The van der Waals surface area contributed by atoms with Gasteiger partial charge in [0.05, 0.1) is 6.54 Å². The van der Waals surface area contributed by atoms with Gasteiger partial charge in [-0.2, -0.15) is 0 Å². The lowest BCUT2D eigenvalue weighted by atomic mass is 10.0. The predicted octanol–water partition coefficient (Wildman–Crippen LogP) is 6.25. The second-order valence-corrected chi connectivity index (χ2v) is 8.81. The van der Waals surface area contributed by atoms with Crippen LogP contribution in [0.5, 0.6) is 0 Å². The Labute approximate surface area is 216 Å². The van der Waals surface area contributed by atoms with Gasteiger partial charge in [-0.3, -0.25) is 9.59 Å². The number of aryl methyl sites for hydroxylation is 1.